The number of H-pyrrole nitrogens is 1. The van der Waals surface area contributed by atoms with Crippen LogP contribution in [0, 0.1) is 0 Å². The molecule has 0 unspecified atom stereocenters. The van der Waals surface area contributed by atoms with Gasteiger partial charge in [0.25, 0.3) is 5.91 Å². The molecule has 0 saturated heterocycles. The van der Waals surface area contributed by atoms with E-state index in [4.69, 9.17) is 0 Å². The molecule has 0 fully saturated rings. The number of fused-ring (bicyclic) bond motifs is 2. The average molecular weight is 334 g/mol. The summed E-state index contributed by atoms with van der Waals surface area (Å²) in [7, 11) is 0. The first kappa shape index (κ1) is 15.8. The number of amides is 1. The van der Waals surface area contributed by atoms with Crippen molar-refractivity contribution in [1.29, 1.82) is 0 Å². The second kappa shape index (κ2) is 7.07. The molecule has 0 spiro atoms. The maximum Gasteiger partial charge on any atom is 0.252 e. The summed E-state index contributed by atoms with van der Waals surface area (Å²) in [6, 6.07) is 14.3. The zero-order valence-electron chi connectivity index (χ0n) is 14.2. The molecule has 0 radical (unpaired) electrons. The van der Waals surface area contributed by atoms with Gasteiger partial charge in [-0.2, -0.15) is 5.10 Å². The molecular formula is C20H22N4O. The Bertz CT molecular complexity index is 886. The molecule has 1 amide bonds. The Morgan fingerprint density at radius 1 is 1.16 bits per heavy atom. The van der Waals surface area contributed by atoms with Crippen molar-refractivity contribution in [3.63, 3.8) is 0 Å². The van der Waals surface area contributed by atoms with Crippen molar-refractivity contribution >= 4 is 16.8 Å². The third-order valence-corrected chi connectivity index (χ3v) is 4.88. The molecule has 2 aromatic carbocycles. The zero-order chi connectivity index (χ0) is 17.1. The van der Waals surface area contributed by atoms with Gasteiger partial charge in [-0.15, -0.1) is 0 Å². The van der Waals surface area contributed by atoms with Crippen LogP contribution in [0.3, 0.4) is 0 Å². The summed E-state index contributed by atoms with van der Waals surface area (Å²) >= 11 is 0. The number of benzene rings is 2. The van der Waals surface area contributed by atoms with Crippen LogP contribution in [-0.4, -0.2) is 40.6 Å². The normalized spacial score (nSPS) is 14.4. The van der Waals surface area contributed by atoms with Crippen molar-refractivity contribution in [3.05, 3.63) is 65.4 Å². The highest BCUT2D eigenvalue weighted by molar-refractivity contribution is 6.05. The minimum atomic E-state index is -0.0315. The molecule has 1 aliphatic rings. The zero-order valence-corrected chi connectivity index (χ0v) is 14.2. The number of carbonyl (C=O) groups excluding carboxylic acids is 1. The van der Waals surface area contributed by atoms with E-state index in [1.165, 1.54) is 11.1 Å². The Labute approximate surface area is 147 Å². The van der Waals surface area contributed by atoms with Gasteiger partial charge in [0.05, 0.1) is 17.3 Å². The first-order valence-electron chi connectivity index (χ1n) is 8.81. The number of aromatic amines is 1. The predicted octanol–water partition coefficient (Wildman–Crippen LogP) is 2.74. The third-order valence-electron chi connectivity index (χ3n) is 4.88. The van der Waals surface area contributed by atoms with E-state index in [1.54, 1.807) is 6.20 Å². The fourth-order valence-electron chi connectivity index (χ4n) is 3.51. The van der Waals surface area contributed by atoms with Gasteiger partial charge in [0, 0.05) is 31.6 Å². The highest BCUT2D eigenvalue weighted by Gasteiger charge is 2.15. The molecule has 0 atom stereocenters. The van der Waals surface area contributed by atoms with Gasteiger partial charge in [-0.05, 0) is 36.1 Å². The molecule has 5 nitrogen and oxygen atoms in total. The molecule has 2 N–H and O–H groups in total. The Balaban J connectivity index is 1.27. The number of aromatic nitrogens is 2. The summed E-state index contributed by atoms with van der Waals surface area (Å²) in [6.07, 6.45) is 3.77. The molecule has 4 rings (SSSR count). The van der Waals surface area contributed by atoms with Gasteiger partial charge in [0.15, 0.2) is 0 Å². The van der Waals surface area contributed by atoms with Crippen LogP contribution in [0.4, 0.5) is 0 Å². The van der Waals surface area contributed by atoms with Gasteiger partial charge in [0.1, 0.15) is 0 Å². The summed E-state index contributed by atoms with van der Waals surface area (Å²) in [5, 5.41) is 10.8. The molecule has 2 heterocycles. The maximum atomic E-state index is 12.4. The van der Waals surface area contributed by atoms with Crippen LogP contribution in [0.15, 0.2) is 48.7 Å². The molecule has 0 aliphatic carbocycles. The van der Waals surface area contributed by atoms with Crippen molar-refractivity contribution in [2.24, 2.45) is 0 Å². The third kappa shape index (κ3) is 3.42. The summed E-state index contributed by atoms with van der Waals surface area (Å²) in [5.41, 5.74) is 4.47. The SMILES string of the molecule is O=C(NCCCN1CCc2ccccc2C1)c1cccc2[nH]ncc12. The highest BCUT2D eigenvalue weighted by Crippen LogP contribution is 2.18. The topological polar surface area (TPSA) is 61.0 Å². The van der Waals surface area contributed by atoms with Crippen LogP contribution in [-0.2, 0) is 13.0 Å². The van der Waals surface area contributed by atoms with E-state index in [1.807, 2.05) is 18.2 Å². The summed E-state index contributed by atoms with van der Waals surface area (Å²) in [5.74, 6) is -0.0315. The minimum absolute atomic E-state index is 0.0315. The maximum absolute atomic E-state index is 12.4. The second-order valence-corrected chi connectivity index (χ2v) is 6.54. The fourth-order valence-corrected chi connectivity index (χ4v) is 3.51. The first-order chi connectivity index (χ1) is 12.3. The van der Waals surface area contributed by atoms with Crippen molar-refractivity contribution in [3.8, 4) is 0 Å². The number of carbonyl (C=O) groups is 1. The van der Waals surface area contributed by atoms with Crippen molar-refractivity contribution < 1.29 is 4.79 Å². The van der Waals surface area contributed by atoms with E-state index in [-0.39, 0.29) is 5.91 Å². The van der Waals surface area contributed by atoms with Crippen LogP contribution in [0.25, 0.3) is 10.9 Å². The lowest BCUT2D eigenvalue weighted by Gasteiger charge is -2.28. The van der Waals surface area contributed by atoms with E-state index in [0.29, 0.717) is 12.1 Å². The second-order valence-electron chi connectivity index (χ2n) is 6.54. The molecule has 1 aromatic heterocycles. The molecule has 5 heteroatoms. The lowest BCUT2D eigenvalue weighted by atomic mass is 10.00. The largest absolute Gasteiger partial charge is 0.352 e. The predicted molar refractivity (Wildman–Crippen MR) is 98.5 cm³/mol. The van der Waals surface area contributed by atoms with Crippen molar-refractivity contribution in [2.75, 3.05) is 19.6 Å². The Hall–Kier alpha value is -2.66. The fraction of sp³-hybridized carbons (Fsp3) is 0.300. The number of hydrogen-bond acceptors (Lipinski definition) is 3. The number of rotatable bonds is 5. The smallest absolute Gasteiger partial charge is 0.252 e. The van der Waals surface area contributed by atoms with Crippen LogP contribution >= 0.6 is 0 Å². The Morgan fingerprint density at radius 2 is 2.04 bits per heavy atom. The molecular weight excluding hydrogens is 312 g/mol. The Kier molecular flexibility index (Phi) is 4.48. The van der Waals surface area contributed by atoms with Gasteiger partial charge in [0.2, 0.25) is 0 Å². The van der Waals surface area contributed by atoms with E-state index >= 15 is 0 Å². The summed E-state index contributed by atoms with van der Waals surface area (Å²) in [4.78, 5) is 14.9. The standard InChI is InChI=1S/C20H22N4O/c25-20(17-7-3-8-19-18(17)13-22-23-19)21-10-4-11-24-12-9-15-5-1-2-6-16(15)14-24/h1-3,5-8,13H,4,9-12,14H2,(H,21,25)(H,22,23). The van der Waals surface area contributed by atoms with Gasteiger partial charge in [-0.1, -0.05) is 30.3 Å². The molecule has 0 bridgehead atoms. The number of nitrogens with one attached hydrogen (secondary N) is 2. The van der Waals surface area contributed by atoms with Gasteiger partial charge in [-0.3, -0.25) is 14.8 Å². The van der Waals surface area contributed by atoms with Crippen LogP contribution < -0.4 is 5.32 Å². The van der Waals surface area contributed by atoms with Gasteiger partial charge < -0.3 is 5.32 Å². The van der Waals surface area contributed by atoms with E-state index in [2.05, 4.69) is 44.7 Å². The van der Waals surface area contributed by atoms with E-state index in [9.17, 15) is 4.79 Å². The first-order valence-corrected chi connectivity index (χ1v) is 8.81. The van der Waals surface area contributed by atoms with Crippen LogP contribution in [0.5, 0.6) is 0 Å². The number of nitrogens with zero attached hydrogens (tertiary/aromatic N) is 2. The number of hydrogen-bond donors (Lipinski definition) is 2. The van der Waals surface area contributed by atoms with Crippen molar-refractivity contribution in [2.45, 2.75) is 19.4 Å². The highest BCUT2D eigenvalue weighted by atomic mass is 16.1. The van der Waals surface area contributed by atoms with E-state index in [0.717, 1.165) is 43.4 Å². The molecule has 1 aliphatic heterocycles. The van der Waals surface area contributed by atoms with Crippen molar-refractivity contribution in [1.82, 2.24) is 20.4 Å². The molecule has 0 saturated carbocycles. The van der Waals surface area contributed by atoms with Gasteiger partial charge in [-0.25, -0.2) is 0 Å². The Morgan fingerprint density at radius 3 is 2.96 bits per heavy atom. The molecule has 3 aromatic rings. The quantitative estimate of drug-likeness (QED) is 0.705. The van der Waals surface area contributed by atoms with Gasteiger partial charge >= 0.3 is 0 Å². The minimum Gasteiger partial charge on any atom is -0.352 e. The lowest BCUT2D eigenvalue weighted by Crippen LogP contribution is -2.33. The average Bonchev–Trinajstić information content (AvgIpc) is 3.13. The van der Waals surface area contributed by atoms with Crippen LogP contribution in [0.1, 0.15) is 27.9 Å². The van der Waals surface area contributed by atoms with E-state index < -0.39 is 0 Å². The monoisotopic (exact) mass is 334 g/mol. The molecule has 128 valence electrons. The lowest BCUT2D eigenvalue weighted by molar-refractivity contribution is 0.0953. The van der Waals surface area contributed by atoms with Crippen LogP contribution in [0.2, 0.25) is 0 Å². The summed E-state index contributed by atoms with van der Waals surface area (Å²) in [6.45, 7) is 3.80. The molecule has 25 heavy (non-hydrogen) atoms. The summed E-state index contributed by atoms with van der Waals surface area (Å²) < 4.78 is 0.